The number of carbonyl (C=O) groups is 3. The zero-order valence-corrected chi connectivity index (χ0v) is 14.4. The summed E-state index contributed by atoms with van der Waals surface area (Å²) in [7, 11) is 0. The fraction of sp³-hybridized carbons (Fsp3) is 0.211. The van der Waals surface area contributed by atoms with Crippen LogP contribution < -0.4 is 15.4 Å². The van der Waals surface area contributed by atoms with Crippen LogP contribution in [0, 0.1) is 0 Å². The maximum absolute atomic E-state index is 12.0. The summed E-state index contributed by atoms with van der Waals surface area (Å²) < 4.78 is 10.2. The summed E-state index contributed by atoms with van der Waals surface area (Å²) in [6, 6.07) is 15.4. The molecule has 2 aromatic rings. The first kappa shape index (κ1) is 19.0. The predicted octanol–water partition coefficient (Wildman–Crippen LogP) is 2.00. The van der Waals surface area contributed by atoms with Crippen molar-refractivity contribution in [2.45, 2.75) is 6.92 Å². The Bertz CT molecular complexity index is 762. The molecule has 7 heteroatoms. The van der Waals surface area contributed by atoms with Gasteiger partial charge in [0.2, 0.25) is 5.91 Å². The van der Waals surface area contributed by atoms with Gasteiger partial charge in [-0.2, -0.15) is 0 Å². The van der Waals surface area contributed by atoms with Gasteiger partial charge in [0.15, 0.2) is 6.61 Å². The van der Waals surface area contributed by atoms with Gasteiger partial charge >= 0.3 is 5.97 Å². The van der Waals surface area contributed by atoms with Crippen molar-refractivity contribution in [2.24, 2.45) is 0 Å². The molecule has 2 N–H and O–H groups in total. The van der Waals surface area contributed by atoms with Gasteiger partial charge in [0, 0.05) is 0 Å². The molecule has 0 aliphatic rings. The molecule has 0 atom stereocenters. The second-order valence-electron chi connectivity index (χ2n) is 5.19. The summed E-state index contributed by atoms with van der Waals surface area (Å²) in [6.07, 6.45) is 0. The average molecular weight is 356 g/mol. The van der Waals surface area contributed by atoms with E-state index in [-0.39, 0.29) is 25.3 Å². The Balaban J connectivity index is 1.82. The van der Waals surface area contributed by atoms with Crippen LogP contribution in [0.25, 0.3) is 0 Å². The summed E-state index contributed by atoms with van der Waals surface area (Å²) in [6.45, 7) is 1.50. The lowest BCUT2D eigenvalue weighted by molar-refractivity contribution is -0.125. The number of hydrogen-bond acceptors (Lipinski definition) is 5. The molecular weight excluding hydrogens is 336 g/mol. The lowest BCUT2D eigenvalue weighted by Crippen LogP contribution is -2.36. The van der Waals surface area contributed by atoms with Crippen LogP contribution in [-0.4, -0.2) is 37.5 Å². The van der Waals surface area contributed by atoms with Crippen molar-refractivity contribution >= 4 is 23.5 Å². The summed E-state index contributed by atoms with van der Waals surface area (Å²) >= 11 is 0. The minimum absolute atomic E-state index is 0.198. The molecule has 0 bridgehead atoms. The molecule has 0 spiro atoms. The van der Waals surface area contributed by atoms with E-state index in [0.29, 0.717) is 11.4 Å². The van der Waals surface area contributed by atoms with Crippen molar-refractivity contribution < 1.29 is 23.9 Å². The van der Waals surface area contributed by atoms with Crippen LogP contribution >= 0.6 is 0 Å². The summed E-state index contributed by atoms with van der Waals surface area (Å²) in [5, 5.41) is 5.04. The third-order valence-corrected chi connectivity index (χ3v) is 3.26. The minimum Gasteiger partial charge on any atom is -0.484 e. The third-order valence-electron chi connectivity index (χ3n) is 3.26. The molecule has 0 aromatic heterocycles. The zero-order chi connectivity index (χ0) is 18.8. The van der Waals surface area contributed by atoms with Gasteiger partial charge in [-0.25, -0.2) is 4.79 Å². The van der Waals surface area contributed by atoms with Crippen LogP contribution in [-0.2, 0) is 14.3 Å². The Hall–Kier alpha value is -3.35. The zero-order valence-electron chi connectivity index (χ0n) is 14.4. The monoisotopic (exact) mass is 356 g/mol. The Morgan fingerprint density at radius 2 is 1.62 bits per heavy atom. The van der Waals surface area contributed by atoms with Crippen molar-refractivity contribution in [3.8, 4) is 5.75 Å². The number of carbonyl (C=O) groups excluding carboxylic acids is 3. The molecule has 136 valence electrons. The minimum atomic E-state index is -0.524. The average Bonchev–Trinajstić information content (AvgIpc) is 2.66. The molecule has 2 rings (SSSR count). The molecule has 7 nitrogen and oxygen atoms in total. The van der Waals surface area contributed by atoms with Gasteiger partial charge < -0.3 is 20.1 Å². The van der Waals surface area contributed by atoms with E-state index in [2.05, 4.69) is 10.6 Å². The van der Waals surface area contributed by atoms with Crippen LogP contribution in [0.2, 0.25) is 0 Å². The van der Waals surface area contributed by atoms with E-state index in [1.807, 2.05) is 6.07 Å². The Morgan fingerprint density at radius 3 is 2.35 bits per heavy atom. The summed E-state index contributed by atoms with van der Waals surface area (Å²) in [5.74, 6) is -0.850. The first-order chi connectivity index (χ1) is 12.6. The molecule has 2 amide bonds. The van der Waals surface area contributed by atoms with Gasteiger partial charge in [-0.15, -0.1) is 0 Å². The number of esters is 1. The van der Waals surface area contributed by atoms with Gasteiger partial charge in [0.05, 0.1) is 24.4 Å². The second-order valence-corrected chi connectivity index (χ2v) is 5.19. The Kier molecular flexibility index (Phi) is 7.17. The molecule has 0 radical (unpaired) electrons. The van der Waals surface area contributed by atoms with E-state index >= 15 is 0 Å². The number of anilines is 1. The van der Waals surface area contributed by atoms with Crippen molar-refractivity contribution in [1.29, 1.82) is 0 Å². The number of hydrogen-bond donors (Lipinski definition) is 2. The fourth-order valence-corrected chi connectivity index (χ4v) is 2.07. The number of amides is 2. The topological polar surface area (TPSA) is 93.7 Å². The molecule has 26 heavy (non-hydrogen) atoms. The van der Waals surface area contributed by atoms with E-state index in [1.165, 1.54) is 0 Å². The van der Waals surface area contributed by atoms with E-state index in [0.717, 1.165) is 0 Å². The quantitative estimate of drug-likeness (QED) is 0.706. The molecule has 0 aliphatic carbocycles. The Morgan fingerprint density at radius 1 is 0.923 bits per heavy atom. The van der Waals surface area contributed by atoms with E-state index in [9.17, 15) is 14.4 Å². The summed E-state index contributed by atoms with van der Waals surface area (Å²) in [5.41, 5.74) is 0.576. The normalized spacial score (nSPS) is 9.88. The first-order valence-electron chi connectivity index (χ1n) is 8.10. The smallest absolute Gasteiger partial charge is 0.340 e. The van der Waals surface area contributed by atoms with E-state index < -0.39 is 17.8 Å². The number of benzene rings is 2. The molecule has 0 unspecified atom stereocenters. The van der Waals surface area contributed by atoms with Crippen molar-refractivity contribution in [3.05, 3.63) is 60.2 Å². The van der Waals surface area contributed by atoms with Crippen LogP contribution in [0.1, 0.15) is 17.3 Å². The standard InChI is InChI=1S/C19H20N2O5/c1-2-25-19(24)15-10-6-7-11-16(15)21-17(22)12-20-18(23)13-26-14-8-4-3-5-9-14/h3-11H,2,12-13H2,1H3,(H,20,23)(H,21,22). The molecular formula is C19H20N2O5. The van der Waals surface area contributed by atoms with Crippen molar-refractivity contribution in [1.82, 2.24) is 5.32 Å². The van der Waals surface area contributed by atoms with E-state index in [4.69, 9.17) is 9.47 Å². The van der Waals surface area contributed by atoms with Gasteiger partial charge in [-0.3, -0.25) is 9.59 Å². The maximum Gasteiger partial charge on any atom is 0.340 e. The Labute approximate surface area is 151 Å². The lowest BCUT2D eigenvalue weighted by atomic mass is 10.2. The van der Waals surface area contributed by atoms with Crippen LogP contribution in [0.5, 0.6) is 5.75 Å². The number of ether oxygens (including phenoxy) is 2. The van der Waals surface area contributed by atoms with Crippen LogP contribution in [0.3, 0.4) is 0 Å². The lowest BCUT2D eigenvalue weighted by Gasteiger charge is -2.11. The van der Waals surface area contributed by atoms with E-state index in [1.54, 1.807) is 55.5 Å². The summed E-state index contributed by atoms with van der Waals surface area (Å²) in [4.78, 5) is 35.6. The maximum atomic E-state index is 12.0. The highest BCUT2D eigenvalue weighted by atomic mass is 16.5. The van der Waals surface area contributed by atoms with Crippen molar-refractivity contribution in [2.75, 3.05) is 25.1 Å². The fourth-order valence-electron chi connectivity index (χ4n) is 2.07. The predicted molar refractivity (Wildman–Crippen MR) is 96.0 cm³/mol. The second kappa shape index (κ2) is 9.83. The molecule has 0 fully saturated rings. The number of rotatable bonds is 8. The molecule has 2 aromatic carbocycles. The number of nitrogens with one attached hydrogen (secondary N) is 2. The van der Waals surface area contributed by atoms with Gasteiger partial charge in [0.1, 0.15) is 5.75 Å². The molecule has 0 aliphatic heterocycles. The highest BCUT2D eigenvalue weighted by molar-refractivity contribution is 6.02. The molecule has 0 saturated heterocycles. The highest BCUT2D eigenvalue weighted by Crippen LogP contribution is 2.16. The van der Waals surface area contributed by atoms with Crippen LogP contribution in [0.4, 0.5) is 5.69 Å². The SMILES string of the molecule is CCOC(=O)c1ccccc1NC(=O)CNC(=O)COc1ccccc1. The van der Waals surface area contributed by atoms with Crippen LogP contribution in [0.15, 0.2) is 54.6 Å². The third kappa shape index (κ3) is 5.94. The highest BCUT2D eigenvalue weighted by Gasteiger charge is 2.14. The number of para-hydroxylation sites is 2. The van der Waals surface area contributed by atoms with Gasteiger partial charge in [0.25, 0.3) is 5.91 Å². The van der Waals surface area contributed by atoms with Gasteiger partial charge in [-0.1, -0.05) is 30.3 Å². The first-order valence-corrected chi connectivity index (χ1v) is 8.10. The molecule has 0 saturated carbocycles. The molecule has 0 heterocycles. The largest absolute Gasteiger partial charge is 0.484 e. The van der Waals surface area contributed by atoms with Gasteiger partial charge in [-0.05, 0) is 31.2 Å². The van der Waals surface area contributed by atoms with Crippen molar-refractivity contribution in [3.63, 3.8) is 0 Å².